The molecule has 4 nitrogen and oxygen atoms in total. The molecule has 0 bridgehead atoms. The molecule has 0 unspecified atom stereocenters. The Morgan fingerprint density at radius 3 is 0.809 bits per heavy atom. The minimum absolute atomic E-state index is 0.0470. The number of hydrogen-bond donors (Lipinski definition) is 0. The molecule has 17 aromatic rings. The third-order valence-corrected chi connectivity index (χ3v) is 19.1. The van der Waals surface area contributed by atoms with Crippen molar-refractivity contribution in [1.82, 2.24) is 9.13 Å². The number of nitrogens with zero attached hydrogens (tertiary/aromatic N) is 4. The molecule has 446 valence electrons. The third-order valence-electron chi connectivity index (χ3n) is 19.1. The molecular formula is C90H66N4. The molecule has 0 radical (unpaired) electrons. The highest BCUT2D eigenvalue weighted by molar-refractivity contribution is 6.22. The highest BCUT2D eigenvalue weighted by atomic mass is 15.1. The molecule has 0 atom stereocenters. The lowest BCUT2D eigenvalue weighted by Gasteiger charge is -2.26. The number of para-hydroxylation sites is 6. The summed E-state index contributed by atoms with van der Waals surface area (Å²) in [6, 6.07) is 127. The molecule has 17 rings (SSSR count). The molecule has 0 saturated carbocycles. The predicted molar refractivity (Wildman–Crippen MR) is 400 cm³/mol. The van der Waals surface area contributed by atoms with Crippen LogP contribution >= 0.6 is 0 Å². The van der Waals surface area contributed by atoms with Crippen LogP contribution in [0, 0.1) is 0 Å². The van der Waals surface area contributed by atoms with Gasteiger partial charge in [-0.1, -0.05) is 239 Å². The minimum atomic E-state index is -0.0470. The van der Waals surface area contributed by atoms with E-state index < -0.39 is 0 Å². The number of hydrogen-bond acceptors (Lipinski definition) is 2. The normalized spacial score (nSPS) is 11.8. The number of aromatic nitrogens is 2. The fraction of sp³-hybridized carbons (Fsp3) is 0.0444. The number of fused-ring (bicyclic) bond motifs is 8. The van der Waals surface area contributed by atoms with E-state index in [2.05, 4.69) is 385 Å². The second-order valence-corrected chi connectivity index (χ2v) is 25.7. The molecule has 0 spiro atoms. The van der Waals surface area contributed by atoms with Gasteiger partial charge in [-0.2, -0.15) is 0 Å². The summed E-state index contributed by atoms with van der Waals surface area (Å²) in [6.45, 7) is 6.94. The van der Waals surface area contributed by atoms with Gasteiger partial charge in [0.15, 0.2) is 0 Å². The summed E-state index contributed by atoms with van der Waals surface area (Å²) < 4.78 is 4.75. The van der Waals surface area contributed by atoms with Crippen molar-refractivity contribution in [2.45, 2.75) is 26.2 Å². The Kier molecular flexibility index (Phi) is 13.7. The van der Waals surface area contributed by atoms with E-state index in [0.29, 0.717) is 0 Å². The average Bonchev–Trinajstić information content (AvgIpc) is 0.831. The lowest BCUT2D eigenvalue weighted by atomic mass is 9.81. The van der Waals surface area contributed by atoms with Gasteiger partial charge in [-0.3, -0.25) is 0 Å². The van der Waals surface area contributed by atoms with Crippen LogP contribution in [0.3, 0.4) is 0 Å². The average molecular weight is 1200 g/mol. The Labute approximate surface area is 548 Å². The van der Waals surface area contributed by atoms with Crippen LogP contribution in [0.2, 0.25) is 0 Å². The maximum Gasteiger partial charge on any atom is 0.0541 e. The molecule has 2 heterocycles. The van der Waals surface area contributed by atoms with Gasteiger partial charge in [-0.05, 0) is 204 Å². The maximum absolute atomic E-state index is 2.46. The smallest absolute Gasteiger partial charge is 0.0541 e. The van der Waals surface area contributed by atoms with Crippen LogP contribution in [0.25, 0.3) is 121 Å². The summed E-state index contributed by atoms with van der Waals surface area (Å²) in [5.41, 5.74) is 24.5. The van der Waals surface area contributed by atoms with Gasteiger partial charge < -0.3 is 18.9 Å². The highest BCUT2D eigenvalue weighted by Gasteiger charge is 2.23. The van der Waals surface area contributed by atoms with Crippen LogP contribution in [0.5, 0.6) is 0 Å². The van der Waals surface area contributed by atoms with Gasteiger partial charge in [0.2, 0.25) is 0 Å². The first-order chi connectivity index (χ1) is 46.3. The topological polar surface area (TPSA) is 16.3 Å². The van der Waals surface area contributed by atoms with Crippen molar-refractivity contribution < 1.29 is 0 Å². The van der Waals surface area contributed by atoms with Crippen molar-refractivity contribution >= 4 is 99.3 Å². The summed E-state index contributed by atoms with van der Waals surface area (Å²) in [5.74, 6) is 0. The molecule has 94 heavy (non-hydrogen) atoms. The highest BCUT2D eigenvalue weighted by Crippen LogP contribution is 2.47. The Hall–Kier alpha value is -12.0. The number of rotatable bonds is 12. The lowest BCUT2D eigenvalue weighted by Crippen LogP contribution is -2.10. The lowest BCUT2D eigenvalue weighted by molar-refractivity contribution is 0.591. The van der Waals surface area contributed by atoms with Crippen molar-refractivity contribution in [3.8, 4) is 55.9 Å². The van der Waals surface area contributed by atoms with E-state index in [1.165, 1.54) is 104 Å². The van der Waals surface area contributed by atoms with E-state index in [1.54, 1.807) is 0 Å². The van der Waals surface area contributed by atoms with Gasteiger partial charge in [-0.25, -0.2) is 0 Å². The molecule has 0 aliphatic heterocycles. The van der Waals surface area contributed by atoms with Gasteiger partial charge in [0.25, 0.3) is 0 Å². The molecule has 0 N–H and O–H groups in total. The van der Waals surface area contributed by atoms with E-state index in [9.17, 15) is 0 Å². The Bertz CT molecular complexity index is 5540. The number of anilines is 6. The van der Waals surface area contributed by atoms with Gasteiger partial charge in [0, 0.05) is 67.0 Å². The SMILES string of the molecule is CC(C)(C)c1ccc2c(-c3ccc(-c4ccc(N(c5ccccc5)c5ccc(-n6c7ccccc7c7ccccc76)cc5)cc4)cc3)c3ccccc3c(-c3ccc(-c4ccc(N(c5ccccc5)c5ccc(-n6c7ccccc7c7ccccc76)cc5)cc4)cc3)c2c1. The predicted octanol–water partition coefficient (Wildman–Crippen LogP) is 25.1. The largest absolute Gasteiger partial charge is 0.311 e. The third kappa shape index (κ3) is 9.78. The van der Waals surface area contributed by atoms with Crippen LogP contribution in [0.15, 0.2) is 346 Å². The maximum atomic E-state index is 2.46. The van der Waals surface area contributed by atoms with Crippen LogP contribution < -0.4 is 9.80 Å². The molecule has 0 fully saturated rings. The molecule has 0 amide bonds. The molecule has 0 saturated heterocycles. The molecule has 2 aromatic heterocycles. The van der Waals surface area contributed by atoms with Crippen molar-refractivity contribution in [3.05, 3.63) is 351 Å². The summed E-state index contributed by atoms with van der Waals surface area (Å²) >= 11 is 0. The molecule has 4 heteroatoms. The van der Waals surface area contributed by atoms with E-state index in [1.807, 2.05) is 0 Å². The first-order valence-corrected chi connectivity index (χ1v) is 32.6. The van der Waals surface area contributed by atoms with Gasteiger partial charge in [-0.15, -0.1) is 0 Å². The van der Waals surface area contributed by atoms with E-state index >= 15 is 0 Å². The van der Waals surface area contributed by atoms with Crippen molar-refractivity contribution in [2.75, 3.05) is 9.80 Å². The van der Waals surface area contributed by atoms with E-state index in [0.717, 1.165) is 56.6 Å². The summed E-state index contributed by atoms with van der Waals surface area (Å²) in [7, 11) is 0. The zero-order valence-electron chi connectivity index (χ0n) is 52.7. The summed E-state index contributed by atoms with van der Waals surface area (Å²) in [5, 5.41) is 10.0. The molecule has 15 aromatic carbocycles. The summed E-state index contributed by atoms with van der Waals surface area (Å²) in [6.07, 6.45) is 0. The fourth-order valence-corrected chi connectivity index (χ4v) is 14.5. The Morgan fingerprint density at radius 2 is 0.468 bits per heavy atom. The summed E-state index contributed by atoms with van der Waals surface area (Å²) in [4.78, 5) is 4.69. The van der Waals surface area contributed by atoms with Crippen molar-refractivity contribution in [2.24, 2.45) is 0 Å². The quantitative estimate of drug-likeness (QED) is 0.113. The van der Waals surface area contributed by atoms with Crippen LogP contribution in [-0.2, 0) is 5.41 Å². The van der Waals surface area contributed by atoms with Gasteiger partial charge in [0.1, 0.15) is 0 Å². The second kappa shape index (κ2) is 23.1. The van der Waals surface area contributed by atoms with Crippen molar-refractivity contribution in [1.29, 1.82) is 0 Å². The molecular weight excluding hydrogens is 1140 g/mol. The zero-order chi connectivity index (χ0) is 62.9. The standard InChI is InChI=1S/C90H66N4/c1-90(2,3)67-46-59-82-83(60-67)89(66-40-36-62(37-41-66)64-44-49-71(50-45-64)92(69-22-8-5-9-23-69)73-53-57-75(58-54-73)94-86-32-18-14-26-78(86)79-27-15-19-33-87(79)94)81-29-11-10-28-80(81)88(82)65-38-34-61(35-39-65)63-42-47-70(48-43-63)91(68-20-6-4-7-21-68)72-51-55-74(56-52-72)93-84-30-16-12-24-76(84)77-25-13-17-31-85(77)93/h4-60H,1-3H3. The number of benzene rings is 15. The van der Waals surface area contributed by atoms with Crippen molar-refractivity contribution in [3.63, 3.8) is 0 Å². The van der Waals surface area contributed by atoms with E-state index in [-0.39, 0.29) is 5.41 Å². The molecule has 0 aliphatic carbocycles. The molecule has 0 aliphatic rings. The Morgan fingerprint density at radius 1 is 0.213 bits per heavy atom. The zero-order valence-corrected chi connectivity index (χ0v) is 52.7. The van der Waals surface area contributed by atoms with Crippen LogP contribution in [-0.4, -0.2) is 9.13 Å². The minimum Gasteiger partial charge on any atom is -0.311 e. The monoisotopic (exact) mass is 1200 g/mol. The first kappa shape index (κ1) is 56.0. The van der Waals surface area contributed by atoms with Crippen LogP contribution in [0.1, 0.15) is 26.3 Å². The first-order valence-electron chi connectivity index (χ1n) is 32.6. The second-order valence-electron chi connectivity index (χ2n) is 25.7. The fourth-order valence-electron chi connectivity index (χ4n) is 14.5. The van der Waals surface area contributed by atoms with E-state index in [4.69, 9.17) is 0 Å². The van der Waals surface area contributed by atoms with Gasteiger partial charge >= 0.3 is 0 Å². The van der Waals surface area contributed by atoms with Gasteiger partial charge in [0.05, 0.1) is 22.1 Å². The Balaban J connectivity index is 0.672. The van der Waals surface area contributed by atoms with Crippen LogP contribution in [0.4, 0.5) is 34.1 Å².